The first kappa shape index (κ1) is 15.3. The van der Waals surface area contributed by atoms with Gasteiger partial charge in [0.1, 0.15) is 5.60 Å². The van der Waals surface area contributed by atoms with E-state index in [0.717, 1.165) is 43.5 Å². The Morgan fingerprint density at radius 2 is 1.55 bits per heavy atom. The predicted molar refractivity (Wildman–Crippen MR) is 90.8 cm³/mol. The fourth-order valence-electron chi connectivity index (χ4n) is 3.79. The summed E-state index contributed by atoms with van der Waals surface area (Å²) >= 11 is 0. The maximum absolute atomic E-state index is 11.8. The Labute approximate surface area is 133 Å². The van der Waals surface area contributed by atoms with Gasteiger partial charge in [0, 0.05) is 6.04 Å². The molecule has 2 heteroatoms. The fourth-order valence-corrected chi connectivity index (χ4v) is 3.79. The van der Waals surface area contributed by atoms with E-state index in [2.05, 4.69) is 36.1 Å². The van der Waals surface area contributed by atoms with Crippen molar-refractivity contribution in [2.75, 3.05) is 13.1 Å². The lowest BCUT2D eigenvalue weighted by atomic mass is 9.79. The van der Waals surface area contributed by atoms with Crippen LogP contribution in [0.5, 0.6) is 0 Å². The third-order valence-electron chi connectivity index (χ3n) is 4.78. The van der Waals surface area contributed by atoms with E-state index in [-0.39, 0.29) is 6.04 Å². The number of hydrogen-bond donors (Lipinski definition) is 1. The van der Waals surface area contributed by atoms with E-state index in [9.17, 15) is 5.11 Å². The van der Waals surface area contributed by atoms with Crippen molar-refractivity contribution < 1.29 is 5.11 Å². The largest absolute Gasteiger partial charge is 0.379 e. The van der Waals surface area contributed by atoms with Crippen molar-refractivity contribution >= 4 is 0 Å². The molecule has 0 aliphatic carbocycles. The van der Waals surface area contributed by atoms with Crippen LogP contribution in [0.25, 0.3) is 0 Å². The molecular weight excluding hydrogens is 270 g/mol. The zero-order valence-corrected chi connectivity index (χ0v) is 13.3. The van der Waals surface area contributed by atoms with Crippen LogP contribution in [-0.4, -0.2) is 29.1 Å². The summed E-state index contributed by atoms with van der Waals surface area (Å²) in [4.78, 5) is 2.46. The molecular formula is C20H25NO. The van der Waals surface area contributed by atoms with Gasteiger partial charge in [-0.1, -0.05) is 67.6 Å². The van der Waals surface area contributed by atoms with E-state index in [0.29, 0.717) is 0 Å². The van der Waals surface area contributed by atoms with Crippen LogP contribution >= 0.6 is 0 Å². The summed E-state index contributed by atoms with van der Waals surface area (Å²) in [7, 11) is 0. The molecule has 1 atom stereocenters. The lowest BCUT2D eigenvalue weighted by Crippen LogP contribution is -2.48. The second-order valence-corrected chi connectivity index (χ2v) is 6.19. The summed E-state index contributed by atoms with van der Waals surface area (Å²) in [5.41, 5.74) is 1.05. The third kappa shape index (κ3) is 2.69. The molecule has 1 fully saturated rings. The molecule has 0 saturated carbocycles. The van der Waals surface area contributed by atoms with Gasteiger partial charge in [0.25, 0.3) is 0 Å². The molecule has 22 heavy (non-hydrogen) atoms. The van der Waals surface area contributed by atoms with Crippen molar-refractivity contribution in [3.8, 4) is 0 Å². The Balaban J connectivity index is 2.07. The standard InChI is InChI=1S/C20H25NO/c1-2-15-21-16-9-14-19(21)20(22,17-10-5-3-6-11-17)18-12-7-4-8-13-18/h3-8,10-13,19,22H,2,9,14-16H2,1H3/t19-/m1/s1. The monoisotopic (exact) mass is 295 g/mol. The van der Waals surface area contributed by atoms with Crippen LogP contribution in [0.1, 0.15) is 37.3 Å². The maximum Gasteiger partial charge on any atom is 0.130 e. The van der Waals surface area contributed by atoms with Crippen LogP contribution in [0.4, 0.5) is 0 Å². The first-order valence-corrected chi connectivity index (χ1v) is 8.34. The number of nitrogens with zero attached hydrogens (tertiary/aromatic N) is 1. The minimum atomic E-state index is -0.936. The summed E-state index contributed by atoms with van der Waals surface area (Å²) in [5.74, 6) is 0. The van der Waals surface area contributed by atoms with Gasteiger partial charge in [0.2, 0.25) is 0 Å². The highest BCUT2D eigenvalue weighted by Gasteiger charge is 2.44. The van der Waals surface area contributed by atoms with E-state index < -0.39 is 5.60 Å². The van der Waals surface area contributed by atoms with Crippen molar-refractivity contribution in [3.63, 3.8) is 0 Å². The minimum Gasteiger partial charge on any atom is -0.379 e. The van der Waals surface area contributed by atoms with E-state index in [1.165, 1.54) is 0 Å². The first-order chi connectivity index (χ1) is 10.8. The maximum atomic E-state index is 11.8. The summed E-state index contributed by atoms with van der Waals surface area (Å²) in [6, 6.07) is 20.4. The zero-order chi connectivity index (χ0) is 15.4. The molecule has 2 aromatic carbocycles. The molecule has 3 rings (SSSR count). The Morgan fingerprint density at radius 3 is 2.05 bits per heavy atom. The van der Waals surface area contributed by atoms with Gasteiger partial charge in [-0.3, -0.25) is 4.90 Å². The first-order valence-electron chi connectivity index (χ1n) is 8.34. The molecule has 0 amide bonds. The molecule has 1 aliphatic rings. The fraction of sp³-hybridized carbons (Fsp3) is 0.400. The summed E-state index contributed by atoms with van der Waals surface area (Å²) in [6.45, 7) is 4.34. The molecule has 0 aromatic heterocycles. The van der Waals surface area contributed by atoms with Crippen molar-refractivity contribution in [1.82, 2.24) is 4.90 Å². The predicted octanol–water partition coefficient (Wildman–Crippen LogP) is 3.80. The highest BCUT2D eigenvalue weighted by Crippen LogP contribution is 2.40. The number of benzene rings is 2. The molecule has 116 valence electrons. The van der Waals surface area contributed by atoms with Crippen molar-refractivity contribution in [1.29, 1.82) is 0 Å². The quantitative estimate of drug-likeness (QED) is 0.907. The Kier molecular flexibility index (Phi) is 4.60. The molecule has 1 heterocycles. The molecule has 2 nitrogen and oxygen atoms in total. The second kappa shape index (κ2) is 6.64. The van der Waals surface area contributed by atoms with Gasteiger partial charge in [-0.25, -0.2) is 0 Å². The van der Waals surface area contributed by atoms with Crippen LogP contribution in [0.15, 0.2) is 60.7 Å². The number of likely N-dealkylation sites (tertiary alicyclic amines) is 1. The smallest absolute Gasteiger partial charge is 0.130 e. The number of hydrogen-bond acceptors (Lipinski definition) is 2. The summed E-state index contributed by atoms with van der Waals surface area (Å²) < 4.78 is 0. The van der Waals surface area contributed by atoms with Gasteiger partial charge in [-0.05, 0) is 43.5 Å². The lowest BCUT2D eigenvalue weighted by Gasteiger charge is -2.40. The molecule has 2 aromatic rings. The van der Waals surface area contributed by atoms with E-state index in [4.69, 9.17) is 0 Å². The number of rotatable bonds is 5. The van der Waals surface area contributed by atoms with Crippen molar-refractivity contribution in [3.05, 3.63) is 71.8 Å². The highest BCUT2D eigenvalue weighted by atomic mass is 16.3. The average Bonchev–Trinajstić information content (AvgIpc) is 3.05. The SMILES string of the molecule is CCCN1CCC[C@@H]1C(O)(c1ccccc1)c1ccccc1. The molecule has 1 N–H and O–H groups in total. The summed E-state index contributed by atoms with van der Waals surface area (Å²) in [6.07, 6.45) is 3.32. The second-order valence-electron chi connectivity index (χ2n) is 6.19. The van der Waals surface area contributed by atoms with Gasteiger partial charge < -0.3 is 5.11 Å². The summed E-state index contributed by atoms with van der Waals surface area (Å²) in [5, 5.41) is 11.8. The molecule has 0 spiro atoms. The van der Waals surface area contributed by atoms with Crippen molar-refractivity contribution in [2.45, 2.75) is 37.8 Å². The number of aliphatic hydroxyl groups is 1. The highest BCUT2D eigenvalue weighted by molar-refractivity contribution is 5.38. The molecule has 0 radical (unpaired) electrons. The molecule has 0 bridgehead atoms. The minimum absolute atomic E-state index is 0.150. The van der Waals surface area contributed by atoms with Crippen LogP contribution in [0.2, 0.25) is 0 Å². The Morgan fingerprint density at radius 1 is 1.00 bits per heavy atom. The van der Waals surface area contributed by atoms with Gasteiger partial charge in [0.05, 0.1) is 0 Å². The average molecular weight is 295 g/mol. The van der Waals surface area contributed by atoms with Crippen LogP contribution in [0, 0.1) is 0 Å². The third-order valence-corrected chi connectivity index (χ3v) is 4.78. The van der Waals surface area contributed by atoms with E-state index in [1.807, 2.05) is 36.4 Å². The van der Waals surface area contributed by atoms with E-state index >= 15 is 0 Å². The van der Waals surface area contributed by atoms with Crippen LogP contribution in [0.3, 0.4) is 0 Å². The van der Waals surface area contributed by atoms with Gasteiger partial charge >= 0.3 is 0 Å². The van der Waals surface area contributed by atoms with Gasteiger partial charge in [-0.2, -0.15) is 0 Å². The van der Waals surface area contributed by atoms with Gasteiger partial charge in [0.15, 0.2) is 0 Å². The molecule has 0 unspecified atom stereocenters. The lowest BCUT2D eigenvalue weighted by molar-refractivity contribution is -0.00371. The normalized spacial score (nSPS) is 19.5. The zero-order valence-electron chi connectivity index (χ0n) is 13.3. The Hall–Kier alpha value is -1.64. The Bertz CT molecular complexity index is 542. The van der Waals surface area contributed by atoms with Gasteiger partial charge in [-0.15, -0.1) is 0 Å². The van der Waals surface area contributed by atoms with Crippen LogP contribution in [-0.2, 0) is 5.60 Å². The molecule has 1 aliphatic heterocycles. The molecule has 1 saturated heterocycles. The topological polar surface area (TPSA) is 23.5 Å². The van der Waals surface area contributed by atoms with Crippen LogP contribution < -0.4 is 0 Å². The van der Waals surface area contributed by atoms with Crippen molar-refractivity contribution in [2.24, 2.45) is 0 Å². The van der Waals surface area contributed by atoms with E-state index in [1.54, 1.807) is 0 Å².